The van der Waals surface area contributed by atoms with Crippen molar-refractivity contribution in [3.8, 4) is 5.88 Å². The van der Waals surface area contributed by atoms with Crippen LogP contribution < -0.4 is 10.1 Å². The van der Waals surface area contributed by atoms with Crippen molar-refractivity contribution in [3.05, 3.63) is 58.3 Å². The maximum atomic E-state index is 10.6. The van der Waals surface area contributed by atoms with E-state index in [0.29, 0.717) is 12.4 Å². The Balaban J connectivity index is 2.04. The van der Waals surface area contributed by atoms with Crippen LogP contribution in [0, 0.1) is 10.1 Å². The number of rotatable bonds is 6. The summed E-state index contributed by atoms with van der Waals surface area (Å²) in [6.07, 6.45) is 1.72. The number of aromatic nitrogens is 1. The average molecular weight is 287 g/mol. The Labute approximate surface area is 122 Å². The van der Waals surface area contributed by atoms with E-state index in [0.717, 1.165) is 11.3 Å². The van der Waals surface area contributed by atoms with Gasteiger partial charge in [0.1, 0.15) is 0 Å². The Morgan fingerprint density at radius 1 is 1.29 bits per heavy atom. The van der Waals surface area contributed by atoms with Gasteiger partial charge in [-0.3, -0.25) is 10.1 Å². The van der Waals surface area contributed by atoms with Crippen molar-refractivity contribution >= 4 is 11.4 Å². The topological polar surface area (TPSA) is 77.3 Å². The summed E-state index contributed by atoms with van der Waals surface area (Å²) < 4.78 is 5.62. The number of nitrogens with one attached hydrogen (secondary N) is 1. The molecule has 1 aromatic carbocycles. The lowest BCUT2D eigenvalue weighted by molar-refractivity contribution is -0.384. The van der Waals surface area contributed by atoms with E-state index in [1.54, 1.807) is 18.3 Å². The molecule has 110 valence electrons. The predicted octanol–water partition coefficient (Wildman–Crippen LogP) is 3.39. The van der Waals surface area contributed by atoms with Crippen LogP contribution in [0.3, 0.4) is 0 Å². The van der Waals surface area contributed by atoms with Crippen molar-refractivity contribution in [3.63, 3.8) is 0 Å². The van der Waals surface area contributed by atoms with Crippen LogP contribution in [0.15, 0.2) is 42.6 Å². The van der Waals surface area contributed by atoms with Gasteiger partial charge in [0.2, 0.25) is 5.88 Å². The van der Waals surface area contributed by atoms with Gasteiger partial charge < -0.3 is 10.1 Å². The zero-order valence-corrected chi connectivity index (χ0v) is 11.9. The molecule has 0 aliphatic carbocycles. The van der Waals surface area contributed by atoms with Crippen molar-refractivity contribution in [1.82, 2.24) is 4.98 Å². The van der Waals surface area contributed by atoms with E-state index in [4.69, 9.17) is 4.74 Å². The third-order valence-corrected chi connectivity index (χ3v) is 2.75. The molecule has 0 aliphatic rings. The van der Waals surface area contributed by atoms with Gasteiger partial charge in [0.25, 0.3) is 5.69 Å². The van der Waals surface area contributed by atoms with Gasteiger partial charge in [0.05, 0.1) is 16.7 Å². The molecule has 21 heavy (non-hydrogen) atoms. The first kappa shape index (κ1) is 14.8. The van der Waals surface area contributed by atoms with Gasteiger partial charge in [-0.15, -0.1) is 0 Å². The Bertz CT molecular complexity index is 612. The number of hydrogen-bond acceptors (Lipinski definition) is 5. The number of nitro groups is 1. The minimum absolute atomic E-state index is 0.0415. The van der Waals surface area contributed by atoms with Gasteiger partial charge in [0, 0.05) is 24.9 Å². The van der Waals surface area contributed by atoms with Crippen molar-refractivity contribution < 1.29 is 9.66 Å². The number of nitrogens with zero attached hydrogens (tertiary/aromatic N) is 2. The highest BCUT2D eigenvalue weighted by molar-refractivity contribution is 5.52. The highest BCUT2D eigenvalue weighted by atomic mass is 16.6. The number of hydrogen-bond donors (Lipinski definition) is 1. The zero-order chi connectivity index (χ0) is 15.2. The summed E-state index contributed by atoms with van der Waals surface area (Å²) in [4.78, 5) is 14.4. The quantitative estimate of drug-likeness (QED) is 0.651. The number of anilines is 1. The van der Waals surface area contributed by atoms with Crippen molar-refractivity contribution in [2.45, 2.75) is 26.5 Å². The van der Waals surface area contributed by atoms with E-state index in [2.05, 4.69) is 10.3 Å². The molecule has 0 fully saturated rings. The molecule has 0 spiro atoms. The fourth-order valence-corrected chi connectivity index (χ4v) is 1.78. The van der Waals surface area contributed by atoms with E-state index in [-0.39, 0.29) is 11.8 Å². The number of ether oxygens (including phenoxy) is 1. The summed E-state index contributed by atoms with van der Waals surface area (Å²) in [6, 6.07) is 10.1. The van der Waals surface area contributed by atoms with Crippen LogP contribution in [0.1, 0.15) is 19.4 Å². The maximum Gasteiger partial charge on any atom is 0.269 e. The second-order valence-corrected chi connectivity index (χ2v) is 4.80. The first-order valence-corrected chi connectivity index (χ1v) is 6.65. The van der Waals surface area contributed by atoms with Gasteiger partial charge in [-0.1, -0.05) is 12.1 Å². The van der Waals surface area contributed by atoms with Crippen LogP contribution in [0.4, 0.5) is 11.4 Å². The molecule has 1 aromatic heterocycles. The van der Waals surface area contributed by atoms with Crippen LogP contribution >= 0.6 is 0 Å². The SMILES string of the molecule is CC(C)Oc1ncccc1NCc1ccc([N+](=O)[O-])cc1. The van der Waals surface area contributed by atoms with E-state index in [1.807, 2.05) is 26.0 Å². The van der Waals surface area contributed by atoms with Crippen LogP contribution in [0.5, 0.6) is 5.88 Å². The number of nitro benzene ring substituents is 1. The lowest BCUT2D eigenvalue weighted by Gasteiger charge is -2.14. The van der Waals surface area contributed by atoms with Crippen molar-refractivity contribution in [1.29, 1.82) is 0 Å². The van der Waals surface area contributed by atoms with Crippen molar-refractivity contribution in [2.24, 2.45) is 0 Å². The van der Waals surface area contributed by atoms with Crippen molar-refractivity contribution in [2.75, 3.05) is 5.32 Å². The molecule has 0 bridgehead atoms. The minimum atomic E-state index is -0.410. The first-order valence-electron chi connectivity index (χ1n) is 6.65. The largest absolute Gasteiger partial charge is 0.473 e. The first-order chi connectivity index (χ1) is 10.1. The summed E-state index contributed by atoms with van der Waals surface area (Å²) in [5.74, 6) is 0.550. The Hall–Kier alpha value is -2.63. The van der Waals surface area contributed by atoms with Crippen LogP contribution in [-0.4, -0.2) is 16.0 Å². The maximum absolute atomic E-state index is 10.6. The molecule has 0 saturated carbocycles. The zero-order valence-electron chi connectivity index (χ0n) is 11.9. The predicted molar refractivity (Wildman–Crippen MR) is 80.4 cm³/mol. The monoisotopic (exact) mass is 287 g/mol. The lowest BCUT2D eigenvalue weighted by Crippen LogP contribution is -2.10. The van der Waals surface area contributed by atoms with E-state index >= 15 is 0 Å². The second-order valence-electron chi connectivity index (χ2n) is 4.80. The summed E-state index contributed by atoms with van der Waals surface area (Å²) in [5, 5.41) is 13.8. The second kappa shape index (κ2) is 6.69. The Morgan fingerprint density at radius 3 is 2.62 bits per heavy atom. The highest BCUT2D eigenvalue weighted by Crippen LogP contribution is 2.22. The molecular weight excluding hydrogens is 270 g/mol. The molecule has 0 unspecified atom stereocenters. The summed E-state index contributed by atoms with van der Waals surface area (Å²) in [6.45, 7) is 4.42. The van der Waals surface area contributed by atoms with Crippen LogP contribution in [0.2, 0.25) is 0 Å². The lowest BCUT2D eigenvalue weighted by atomic mass is 10.2. The molecule has 2 aromatic rings. The normalized spacial score (nSPS) is 10.4. The summed E-state index contributed by atoms with van der Waals surface area (Å²) in [7, 11) is 0. The molecule has 6 heteroatoms. The third kappa shape index (κ3) is 4.17. The summed E-state index contributed by atoms with van der Waals surface area (Å²) >= 11 is 0. The van der Waals surface area contributed by atoms with E-state index in [9.17, 15) is 10.1 Å². The van der Waals surface area contributed by atoms with E-state index < -0.39 is 4.92 Å². The number of non-ortho nitro benzene ring substituents is 1. The molecule has 0 amide bonds. The van der Waals surface area contributed by atoms with Gasteiger partial charge in [-0.2, -0.15) is 0 Å². The molecule has 6 nitrogen and oxygen atoms in total. The fourth-order valence-electron chi connectivity index (χ4n) is 1.78. The Morgan fingerprint density at radius 2 is 2.00 bits per heavy atom. The van der Waals surface area contributed by atoms with Crippen LogP contribution in [-0.2, 0) is 6.54 Å². The molecule has 0 saturated heterocycles. The fraction of sp³-hybridized carbons (Fsp3) is 0.267. The number of benzene rings is 1. The molecule has 0 radical (unpaired) electrons. The van der Waals surface area contributed by atoms with Gasteiger partial charge in [0.15, 0.2) is 0 Å². The standard InChI is InChI=1S/C15H17N3O3/c1-11(2)21-15-14(4-3-9-16-15)17-10-12-5-7-13(8-6-12)18(19)20/h3-9,11,17H,10H2,1-2H3. The van der Waals surface area contributed by atoms with Crippen LogP contribution in [0.25, 0.3) is 0 Å². The highest BCUT2D eigenvalue weighted by Gasteiger charge is 2.07. The molecule has 1 heterocycles. The molecule has 2 rings (SSSR count). The molecular formula is C15H17N3O3. The Kier molecular flexibility index (Phi) is 4.71. The smallest absolute Gasteiger partial charge is 0.269 e. The van der Waals surface area contributed by atoms with E-state index in [1.165, 1.54) is 12.1 Å². The van der Waals surface area contributed by atoms with Gasteiger partial charge in [-0.05, 0) is 31.5 Å². The molecule has 0 atom stereocenters. The number of pyridine rings is 1. The summed E-state index contributed by atoms with van der Waals surface area (Å²) in [5.41, 5.74) is 1.83. The minimum Gasteiger partial charge on any atom is -0.473 e. The third-order valence-electron chi connectivity index (χ3n) is 2.75. The average Bonchev–Trinajstić information content (AvgIpc) is 2.46. The molecule has 0 aliphatic heterocycles. The molecule has 1 N–H and O–H groups in total. The van der Waals surface area contributed by atoms with Gasteiger partial charge >= 0.3 is 0 Å². The van der Waals surface area contributed by atoms with Gasteiger partial charge in [-0.25, -0.2) is 4.98 Å².